The zero-order valence-electron chi connectivity index (χ0n) is 16.2. The fraction of sp³-hybridized carbons (Fsp3) is 0.273. The van der Waals surface area contributed by atoms with E-state index in [4.69, 9.17) is 0 Å². The molecule has 2 aromatic carbocycles. The van der Waals surface area contributed by atoms with Crippen molar-refractivity contribution in [3.05, 3.63) is 83.4 Å². The lowest BCUT2D eigenvalue weighted by Crippen LogP contribution is -2.26. The zero-order chi connectivity index (χ0) is 19.9. The van der Waals surface area contributed by atoms with E-state index in [1.807, 2.05) is 18.2 Å². The first-order chi connectivity index (χ1) is 13.6. The Bertz CT molecular complexity index is 934. The maximum absolute atomic E-state index is 13.9. The van der Waals surface area contributed by atoms with Gasteiger partial charge < -0.3 is 5.32 Å². The van der Waals surface area contributed by atoms with Crippen LogP contribution in [0, 0.1) is 5.82 Å². The van der Waals surface area contributed by atoms with Gasteiger partial charge in [0.05, 0.1) is 0 Å². The van der Waals surface area contributed by atoms with Gasteiger partial charge in [0.25, 0.3) is 5.91 Å². The third-order valence-electron chi connectivity index (χ3n) is 4.77. The SMILES string of the molecule is CCN(CC)Cc1ccccc1CNC(=O)c1ccn(-c2ccccc2F)n1. The third kappa shape index (κ3) is 4.64. The normalized spacial score (nSPS) is 11.0. The molecular formula is C22H25FN4O. The first kappa shape index (κ1) is 19.8. The van der Waals surface area contributed by atoms with Gasteiger partial charge in [-0.15, -0.1) is 0 Å². The number of nitrogens with one attached hydrogen (secondary N) is 1. The molecular weight excluding hydrogens is 355 g/mol. The number of halogens is 1. The zero-order valence-corrected chi connectivity index (χ0v) is 16.2. The van der Waals surface area contributed by atoms with Crippen LogP contribution in [0.1, 0.15) is 35.5 Å². The first-order valence-electron chi connectivity index (χ1n) is 9.50. The molecule has 28 heavy (non-hydrogen) atoms. The average molecular weight is 380 g/mol. The number of carbonyl (C=O) groups excluding carboxylic acids is 1. The molecule has 0 unspecified atom stereocenters. The minimum Gasteiger partial charge on any atom is -0.347 e. The van der Waals surface area contributed by atoms with Crippen LogP contribution in [0.25, 0.3) is 5.69 Å². The van der Waals surface area contributed by atoms with E-state index in [2.05, 4.69) is 35.2 Å². The molecule has 3 aromatic rings. The molecule has 1 heterocycles. The number of amides is 1. The van der Waals surface area contributed by atoms with Crippen LogP contribution in [0.5, 0.6) is 0 Å². The van der Waals surface area contributed by atoms with Crippen LogP contribution in [-0.2, 0) is 13.1 Å². The van der Waals surface area contributed by atoms with E-state index in [1.165, 1.54) is 16.3 Å². The van der Waals surface area contributed by atoms with Gasteiger partial charge in [-0.25, -0.2) is 9.07 Å². The van der Waals surface area contributed by atoms with Gasteiger partial charge in [0.1, 0.15) is 11.5 Å². The number of nitrogens with zero attached hydrogens (tertiary/aromatic N) is 3. The Hall–Kier alpha value is -2.99. The van der Waals surface area contributed by atoms with Crippen molar-refractivity contribution in [2.24, 2.45) is 0 Å². The highest BCUT2D eigenvalue weighted by Crippen LogP contribution is 2.14. The minimum absolute atomic E-state index is 0.254. The Labute approximate surface area is 164 Å². The van der Waals surface area contributed by atoms with Gasteiger partial charge in [0.2, 0.25) is 0 Å². The molecule has 0 aliphatic heterocycles. The van der Waals surface area contributed by atoms with Crippen LogP contribution in [0.4, 0.5) is 4.39 Å². The van der Waals surface area contributed by atoms with E-state index in [9.17, 15) is 9.18 Å². The highest BCUT2D eigenvalue weighted by Gasteiger charge is 2.13. The second-order valence-electron chi connectivity index (χ2n) is 6.51. The Morgan fingerprint density at radius 3 is 2.43 bits per heavy atom. The first-order valence-corrected chi connectivity index (χ1v) is 9.50. The standard InChI is InChI=1S/C22H25FN4O/c1-3-26(4-2)16-18-10-6-5-9-17(18)15-24-22(28)20-13-14-27(25-20)21-12-8-7-11-19(21)23/h5-14H,3-4,15-16H2,1-2H3,(H,24,28). The molecule has 0 atom stereocenters. The van der Waals surface area contributed by atoms with Crippen molar-refractivity contribution in [2.75, 3.05) is 13.1 Å². The molecule has 0 bridgehead atoms. The van der Waals surface area contributed by atoms with Crippen molar-refractivity contribution in [1.29, 1.82) is 0 Å². The Morgan fingerprint density at radius 2 is 1.71 bits per heavy atom. The molecule has 1 amide bonds. The van der Waals surface area contributed by atoms with Gasteiger partial charge in [-0.05, 0) is 42.4 Å². The molecule has 0 fully saturated rings. The summed E-state index contributed by atoms with van der Waals surface area (Å²) < 4.78 is 15.3. The summed E-state index contributed by atoms with van der Waals surface area (Å²) in [5.41, 5.74) is 2.84. The van der Waals surface area contributed by atoms with E-state index >= 15 is 0 Å². The molecule has 146 valence electrons. The number of carbonyl (C=O) groups is 1. The maximum atomic E-state index is 13.9. The summed E-state index contributed by atoms with van der Waals surface area (Å²) >= 11 is 0. The Morgan fingerprint density at radius 1 is 1.04 bits per heavy atom. The summed E-state index contributed by atoms with van der Waals surface area (Å²) in [4.78, 5) is 14.8. The van der Waals surface area contributed by atoms with Gasteiger partial charge in [0, 0.05) is 19.3 Å². The molecule has 0 spiro atoms. The van der Waals surface area contributed by atoms with E-state index in [-0.39, 0.29) is 17.4 Å². The van der Waals surface area contributed by atoms with Crippen molar-refractivity contribution in [3.8, 4) is 5.69 Å². The molecule has 3 rings (SSSR count). The van der Waals surface area contributed by atoms with E-state index < -0.39 is 0 Å². The highest BCUT2D eigenvalue weighted by atomic mass is 19.1. The number of hydrogen-bond donors (Lipinski definition) is 1. The van der Waals surface area contributed by atoms with Crippen molar-refractivity contribution < 1.29 is 9.18 Å². The summed E-state index contributed by atoms with van der Waals surface area (Å²) in [6.07, 6.45) is 1.58. The summed E-state index contributed by atoms with van der Waals surface area (Å²) in [6.45, 7) is 7.50. The smallest absolute Gasteiger partial charge is 0.272 e. The molecule has 0 aliphatic rings. The van der Waals surface area contributed by atoms with Gasteiger partial charge >= 0.3 is 0 Å². The number of rotatable bonds is 8. The fourth-order valence-electron chi connectivity index (χ4n) is 3.06. The van der Waals surface area contributed by atoms with Crippen molar-refractivity contribution in [1.82, 2.24) is 20.0 Å². The summed E-state index contributed by atoms with van der Waals surface area (Å²) in [7, 11) is 0. The van der Waals surface area contributed by atoms with E-state index in [1.54, 1.807) is 30.5 Å². The lowest BCUT2D eigenvalue weighted by molar-refractivity contribution is 0.0945. The van der Waals surface area contributed by atoms with Gasteiger partial charge in [-0.2, -0.15) is 5.10 Å². The van der Waals surface area contributed by atoms with Crippen molar-refractivity contribution in [3.63, 3.8) is 0 Å². The number of aromatic nitrogens is 2. The summed E-state index contributed by atoms with van der Waals surface area (Å²) in [5.74, 6) is -0.671. The van der Waals surface area contributed by atoms with Gasteiger partial charge in [-0.1, -0.05) is 50.2 Å². The topological polar surface area (TPSA) is 50.2 Å². The maximum Gasteiger partial charge on any atom is 0.272 e. The minimum atomic E-state index is -0.386. The lowest BCUT2D eigenvalue weighted by Gasteiger charge is -2.20. The Kier molecular flexibility index (Phi) is 6.55. The predicted molar refractivity (Wildman–Crippen MR) is 108 cm³/mol. The molecule has 0 saturated heterocycles. The number of para-hydroxylation sites is 1. The average Bonchev–Trinajstić information content (AvgIpc) is 3.21. The molecule has 1 aromatic heterocycles. The van der Waals surface area contributed by atoms with Crippen LogP contribution in [-0.4, -0.2) is 33.7 Å². The molecule has 1 N–H and O–H groups in total. The third-order valence-corrected chi connectivity index (χ3v) is 4.77. The van der Waals surface area contributed by atoms with E-state index in [0.29, 0.717) is 12.2 Å². The fourth-order valence-corrected chi connectivity index (χ4v) is 3.06. The monoisotopic (exact) mass is 380 g/mol. The predicted octanol–water partition coefficient (Wildman–Crippen LogP) is 3.78. The number of hydrogen-bond acceptors (Lipinski definition) is 3. The lowest BCUT2D eigenvalue weighted by atomic mass is 10.1. The van der Waals surface area contributed by atoms with Crippen molar-refractivity contribution in [2.45, 2.75) is 26.9 Å². The van der Waals surface area contributed by atoms with Crippen LogP contribution >= 0.6 is 0 Å². The number of benzene rings is 2. The van der Waals surface area contributed by atoms with Crippen LogP contribution in [0.3, 0.4) is 0 Å². The molecule has 6 heteroatoms. The second-order valence-corrected chi connectivity index (χ2v) is 6.51. The van der Waals surface area contributed by atoms with Gasteiger partial charge in [-0.3, -0.25) is 9.69 Å². The van der Waals surface area contributed by atoms with Crippen LogP contribution in [0.2, 0.25) is 0 Å². The molecule has 0 aliphatic carbocycles. The second kappa shape index (κ2) is 9.28. The van der Waals surface area contributed by atoms with Crippen LogP contribution in [0.15, 0.2) is 60.8 Å². The van der Waals surface area contributed by atoms with Gasteiger partial charge in [0.15, 0.2) is 5.69 Å². The van der Waals surface area contributed by atoms with E-state index in [0.717, 1.165) is 25.2 Å². The highest BCUT2D eigenvalue weighted by molar-refractivity contribution is 5.92. The van der Waals surface area contributed by atoms with Crippen molar-refractivity contribution >= 4 is 5.91 Å². The Balaban J connectivity index is 1.68. The quantitative estimate of drug-likeness (QED) is 0.647. The van der Waals surface area contributed by atoms with Crippen LogP contribution < -0.4 is 5.32 Å². The summed E-state index contributed by atoms with van der Waals surface area (Å²) in [6, 6.07) is 16.0. The molecule has 5 nitrogen and oxygen atoms in total. The largest absolute Gasteiger partial charge is 0.347 e. The summed E-state index contributed by atoms with van der Waals surface area (Å²) in [5, 5.41) is 7.12. The molecule has 0 saturated carbocycles. The molecule has 0 radical (unpaired) electrons.